The number of nitrogens with zero attached hydrogens (tertiary/aromatic N) is 1. The minimum Gasteiger partial charge on any atom is -0.489 e. The molecule has 0 aliphatic carbocycles. The smallest absolute Gasteiger partial charge is 0.217 e. The number of carbonyl (C=O) groups excluding carboxylic acids is 1. The third-order valence-corrected chi connectivity index (χ3v) is 7.24. The Morgan fingerprint density at radius 1 is 1.11 bits per heavy atom. The van der Waals surface area contributed by atoms with Crippen molar-refractivity contribution in [3.8, 4) is 5.75 Å². The lowest BCUT2D eigenvalue weighted by Gasteiger charge is -2.41. The normalized spacial score (nSPS) is 24.1. The Bertz CT molecular complexity index is 1170. The Kier molecular flexibility index (Phi) is 6.84. The van der Waals surface area contributed by atoms with Crippen LogP contribution in [0, 0.1) is 11.7 Å². The van der Waals surface area contributed by atoms with Crippen LogP contribution in [0.15, 0.2) is 78.9 Å². The molecule has 182 valence electrons. The number of amides is 1. The number of likely N-dealkylation sites (tertiary alicyclic amines) is 1. The van der Waals surface area contributed by atoms with Crippen LogP contribution < -0.4 is 15.4 Å². The van der Waals surface area contributed by atoms with Gasteiger partial charge in [0.2, 0.25) is 5.91 Å². The number of hydrogen-bond donors (Lipinski definition) is 2. The molecular formula is C29H32FN3O2. The maximum absolute atomic E-state index is 13.6. The fraction of sp³-hybridized carbons (Fsp3) is 0.345. The predicted octanol–water partition coefficient (Wildman–Crippen LogP) is 4.45. The predicted molar refractivity (Wildman–Crippen MR) is 134 cm³/mol. The molecule has 2 aliphatic rings. The number of ether oxygens (including phenoxy) is 1. The van der Waals surface area contributed by atoms with Gasteiger partial charge in [0.1, 0.15) is 18.2 Å². The molecule has 2 heterocycles. The van der Waals surface area contributed by atoms with E-state index in [1.54, 1.807) is 13.0 Å². The van der Waals surface area contributed by atoms with Gasteiger partial charge in [-0.05, 0) is 42.3 Å². The second-order valence-corrected chi connectivity index (χ2v) is 9.70. The van der Waals surface area contributed by atoms with E-state index in [1.807, 2.05) is 30.3 Å². The summed E-state index contributed by atoms with van der Waals surface area (Å²) in [6, 6.07) is 25.3. The second-order valence-electron chi connectivity index (χ2n) is 9.70. The number of carbonyl (C=O) groups is 1. The first-order valence-electron chi connectivity index (χ1n) is 12.3. The van der Waals surface area contributed by atoms with Crippen LogP contribution in [0.5, 0.6) is 5.75 Å². The number of rotatable bonds is 7. The Balaban J connectivity index is 1.44. The van der Waals surface area contributed by atoms with Crippen molar-refractivity contribution in [2.45, 2.75) is 38.1 Å². The number of fused-ring (bicyclic) bond motifs is 1. The minimum absolute atomic E-state index is 0.00573. The summed E-state index contributed by atoms with van der Waals surface area (Å²) in [4.78, 5) is 14.7. The van der Waals surface area contributed by atoms with Crippen LogP contribution in [0.2, 0.25) is 0 Å². The van der Waals surface area contributed by atoms with Crippen molar-refractivity contribution in [2.75, 3.05) is 19.6 Å². The number of benzene rings is 3. The first kappa shape index (κ1) is 23.5. The molecule has 3 aromatic rings. The molecule has 5 nitrogen and oxygen atoms in total. The molecule has 6 heteroatoms. The highest BCUT2D eigenvalue weighted by molar-refractivity contribution is 5.74. The first-order chi connectivity index (χ1) is 17.0. The van der Waals surface area contributed by atoms with E-state index in [0.29, 0.717) is 19.1 Å². The largest absolute Gasteiger partial charge is 0.489 e. The van der Waals surface area contributed by atoms with Crippen LogP contribution in [0.4, 0.5) is 4.39 Å². The standard InChI is InChI=1S/C29H32FN3O2/c1-21(34)32-29-19-31-15-14-26(29)28(23-9-3-2-4-10-23)33(20-29)17-24-11-5-6-13-27(24)35-18-22-8-7-12-25(30)16-22/h2-13,16,26,28,31H,14-15,17-20H2,1H3,(H,32,34)/t26-,28-,29-/m1/s1. The summed E-state index contributed by atoms with van der Waals surface area (Å²) in [6.07, 6.45) is 0.994. The molecule has 0 bridgehead atoms. The van der Waals surface area contributed by atoms with Crippen LogP contribution in [-0.4, -0.2) is 36.0 Å². The van der Waals surface area contributed by atoms with Gasteiger partial charge in [-0.1, -0.05) is 60.7 Å². The molecule has 3 atom stereocenters. The van der Waals surface area contributed by atoms with Gasteiger partial charge in [-0.15, -0.1) is 0 Å². The zero-order chi connectivity index (χ0) is 24.3. The van der Waals surface area contributed by atoms with Crippen LogP contribution in [0.3, 0.4) is 0 Å². The molecule has 2 aliphatic heterocycles. The van der Waals surface area contributed by atoms with Gasteiger partial charge in [0.15, 0.2) is 0 Å². The van der Waals surface area contributed by atoms with E-state index in [2.05, 4.69) is 45.9 Å². The number of para-hydroxylation sites is 1. The lowest BCUT2D eigenvalue weighted by atomic mass is 9.76. The Morgan fingerprint density at radius 3 is 2.71 bits per heavy atom. The summed E-state index contributed by atoms with van der Waals surface area (Å²) in [6.45, 7) is 5.06. The van der Waals surface area contributed by atoms with Crippen molar-refractivity contribution >= 4 is 5.91 Å². The van der Waals surface area contributed by atoms with Crippen molar-refractivity contribution in [3.05, 3.63) is 101 Å². The van der Waals surface area contributed by atoms with Crippen molar-refractivity contribution in [3.63, 3.8) is 0 Å². The summed E-state index contributed by atoms with van der Waals surface area (Å²) < 4.78 is 19.8. The zero-order valence-corrected chi connectivity index (χ0v) is 20.0. The maximum Gasteiger partial charge on any atom is 0.217 e. The van der Waals surface area contributed by atoms with E-state index in [9.17, 15) is 9.18 Å². The minimum atomic E-state index is -0.318. The first-order valence-corrected chi connectivity index (χ1v) is 12.3. The van der Waals surface area contributed by atoms with Gasteiger partial charge in [0.25, 0.3) is 0 Å². The van der Waals surface area contributed by atoms with Crippen molar-refractivity contribution < 1.29 is 13.9 Å². The maximum atomic E-state index is 13.6. The highest BCUT2D eigenvalue weighted by Gasteiger charge is 2.54. The monoisotopic (exact) mass is 473 g/mol. The van der Waals surface area contributed by atoms with Crippen molar-refractivity contribution in [1.82, 2.24) is 15.5 Å². The van der Waals surface area contributed by atoms with Gasteiger partial charge >= 0.3 is 0 Å². The van der Waals surface area contributed by atoms with E-state index >= 15 is 0 Å². The Morgan fingerprint density at radius 2 is 1.91 bits per heavy atom. The molecule has 5 rings (SSSR count). The molecular weight excluding hydrogens is 441 g/mol. The second kappa shape index (κ2) is 10.2. The number of piperidine rings is 1. The molecule has 2 fully saturated rings. The number of hydrogen-bond acceptors (Lipinski definition) is 4. The SMILES string of the molecule is CC(=O)N[C@@]12CNCC[C@@H]1[C@@H](c1ccccc1)N(Cc1ccccc1OCc1cccc(F)c1)C2. The average Bonchev–Trinajstić information content (AvgIpc) is 3.16. The van der Waals surface area contributed by atoms with Crippen LogP contribution in [0.1, 0.15) is 36.1 Å². The lowest BCUT2D eigenvalue weighted by Crippen LogP contribution is -2.62. The molecule has 0 aromatic heterocycles. The lowest BCUT2D eigenvalue weighted by molar-refractivity contribution is -0.121. The van der Waals surface area contributed by atoms with E-state index in [4.69, 9.17) is 4.74 Å². The average molecular weight is 474 g/mol. The number of nitrogens with one attached hydrogen (secondary N) is 2. The van der Waals surface area contributed by atoms with Gasteiger partial charge < -0.3 is 15.4 Å². The quantitative estimate of drug-likeness (QED) is 0.533. The van der Waals surface area contributed by atoms with E-state index < -0.39 is 0 Å². The van der Waals surface area contributed by atoms with Crippen molar-refractivity contribution in [2.24, 2.45) is 5.92 Å². The van der Waals surface area contributed by atoms with Gasteiger partial charge in [-0.25, -0.2) is 4.39 Å². The highest BCUT2D eigenvalue weighted by atomic mass is 19.1. The Hall–Kier alpha value is -3.22. The van der Waals surface area contributed by atoms with E-state index in [-0.39, 0.29) is 23.3 Å². The summed E-state index contributed by atoms with van der Waals surface area (Å²) in [5.74, 6) is 0.841. The molecule has 3 aromatic carbocycles. The van der Waals surface area contributed by atoms with E-state index in [1.165, 1.54) is 17.7 Å². The fourth-order valence-corrected chi connectivity index (χ4v) is 5.88. The summed E-state index contributed by atoms with van der Waals surface area (Å²) in [5.41, 5.74) is 2.83. The summed E-state index contributed by atoms with van der Waals surface area (Å²) >= 11 is 0. The zero-order valence-electron chi connectivity index (χ0n) is 20.0. The molecule has 2 N–H and O–H groups in total. The van der Waals surface area contributed by atoms with Gasteiger partial charge in [0.05, 0.1) is 5.54 Å². The van der Waals surface area contributed by atoms with Crippen LogP contribution >= 0.6 is 0 Å². The van der Waals surface area contributed by atoms with Gasteiger partial charge in [0, 0.05) is 44.1 Å². The van der Waals surface area contributed by atoms with Crippen LogP contribution in [0.25, 0.3) is 0 Å². The highest BCUT2D eigenvalue weighted by Crippen LogP contribution is 2.47. The third-order valence-electron chi connectivity index (χ3n) is 7.24. The van der Waals surface area contributed by atoms with Gasteiger partial charge in [-0.3, -0.25) is 9.69 Å². The molecule has 35 heavy (non-hydrogen) atoms. The molecule has 2 saturated heterocycles. The molecule has 0 saturated carbocycles. The fourth-order valence-electron chi connectivity index (χ4n) is 5.88. The molecule has 0 spiro atoms. The van der Waals surface area contributed by atoms with Crippen molar-refractivity contribution in [1.29, 1.82) is 0 Å². The topological polar surface area (TPSA) is 53.6 Å². The summed E-state index contributed by atoms with van der Waals surface area (Å²) in [7, 11) is 0. The van der Waals surface area contributed by atoms with Crippen LogP contribution in [-0.2, 0) is 17.9 Å². The molecule has 0 unspecified atom stereocenters. The van der Waals surface area contributed by atoms with E-state index in [0.717, 1.165) is 42.9 Å². The van der Waals surface area contributed by atoms with Gasteiger partial charge in [-0.2, -0.15) is 0 Å². The number of halogens is 1. The molecule has 0 radical (unpaired) electrons. The third kappa shape index (κ3) is 5.09. The molecule has 1 amide bonds. The Labute approximate surface area is 206 Å². The summed E-state index contributed by atoms with van der Waals surface area (Å²) in [5, 5.41) is 6.85.